The van der Waals surface area contributed by atoms with Gasteiger partial charge in [-0.25, -0.2) is 0 Å². The molecule has 0 saturated heterocycles. The molecule has 0 unspecified atom stereocenters. The van der Waals surface area contributed by atoms with Gasteiger partial charge in [0, 0.05) is 22.1 Å². The predicted molar refractivity (Wildman–Crippen MR) is 99.9 cm³/mol. The number of benzene rings is 2. The molecule has 122 valence electrons. The number of aryl methyl sites for hydroxylation is 1. The second kappa shape index (κ2) is 7.77. The lowest BCUT2D eigenvalue weighted by molar-refractivity contribution is 0.102. The number of thioether (sulfide) groups is 1. The molecule has 0 spiro atoms. The van der Waals surface area contributed by atoms with Crippen molar-refractivity contribution in [3.05, 3.63) is 70.5 Å². The maximum absolute atomic E-state index is 12.4. The second-order valence-electron chi connectivity index (χ2n) is 5.14. The standard InChI is InChI=1S/C18H16BrN3OS/c1-2-17-20-21-18(22(17)15-6-4-3-5-7-15)24-12-16(23)13-8-10-14(19)11-9-13/h3-11H,2,12H2,1H3. The topological polar surface area (TPSA) is 47.8 Å². The Bertz CT molecular complexity index is 831. The maximum atomic E-state index is 12.4. The van der Waals surface area contributed by atoms with Gasteiger partial charge >= 0.3 is 0 Å². The van der Waals surface area contributed by atoms with E-state index in [0.717, 1.165) is 27.6 Å². The van der Waals surface area contributed by atoms with Gasteiger partial charge in [0.1, 0.15) is 5.82 Å². The molecule has 3 rings (SSSR count). The van der Waals surface area contributed by atoms with E-state index in [4.69, 9.17) is 0 Å². The van der Waals surface area contributed by atoms with Crippen LogP contribution in [0.2, 0.25) is 0 Å². The van der Waals surface area contributed by atoms with Crippen molar-refractivity contribution < 1.29 is 4.79 Å². The first-order valence-electron chi connectivity index (χ1n) is 7.60. The number of rotatable bonds is 6. The third kappa shape index (κ3) is 3.76. The summed E-state index contributed by atoms with van der Waals surface area (Å²) in [6, 6.07) is 17.4. The molecule has 0 saturated carbocycles. The molecule has 24 heavy (non-hydrogen) atoms. The molecular formula is C18H16BrN3OS. The number of carbonyl (C=O) groups is 1. The zero-order valence-corrected chi connectivity index (χ0v) is 15.5. The van der Waals surface area contributed by atoms with Gasteiger partial charge in [0.05, 0.1) is 5.75 Å². The number of halogens is 1. The molecule has 4 nitrogen and oxygen atoms in total. The van der Waals surface area contributed by atoms with Crippen LogP contribution < -0.4 is 0 Å². The van der Waals surface area contributed by atoms with Crippen LogP contribution in [0.1, 0.15) is 23.1 Å². The highest BCUT2D eigenvalue weighted by molar-refractivity contribution is 9.10. The van der Waals surface area contributed by atoms with E-state index in [1.165, 1.54) is 11.8 Å². The van der Waals surface area contributed by atoms with E-state index in [2.05, 4.69) is 26.1 Å². The van der Waals surface area contributed by atoms with Gasteiger partial charge in [-0.3, -0.25) is 9.36 Å². The second-order valence-corrected chi connectivity index (χ2v) is 7.00. The fraction of sp³-hybridized carbons (Fsp3) is 0.167. The predicted octanol–water partition coefficient (Wildman–Crippen LogP) is 4.57. The van der Waals surface area contributed by atoms with Crippen LogP contribution in [0.15, 0.2) is 64.2 Å². The summed E-state index contributed by atoms with van der Waals surface area (Å²) in [5.41, 5.74) is 1.71. The summed E-state index contributed by atoms with van der Waals surface area (Å²) in [5, 5.41) is 9.25. The lowest BCUT2D eigenvalue weighted by atomic mass is 10.2. The Balaban J connectivity index is 1.79. The molecular weight excluding hydrogens is 386 g/mol. The Kier molecular flexibility index (Phi) is 5.48. The van der Waals surface area contributed by atoms with Crippen LogP contribution in [0, 0.1) is 0 Å². The molecule has 1 heterocycles. The van der Waals surface area contributed by atoms with Crippen LogP contribution in [0.5, 0.6) is 0 Å². The van der Waals surface area contributed by atoms with E-state index in [1.807, 2.05) is 66.1 Å². The van der Waals surface area contributed by atoms with Crippen molar-refractivity contribution in [3.63, 3.8) is 0 Å². The van der Waals surface area contributed by atoms with Gasteiger partial charge in [-0.1, -0.05) is 64.9 Å². The smallest absolute Gasteiger partial charge is 0.196 e. The Hall–Kier alpha value is -1.92. The molecule has 1 aromatic heterocycles. The van der Waals surface area contributed by atoms with Gasteiger partial charge in [0.2, 0.25) is 0 Å². The fourth-order valence-corrected chi connectivity index (χ4v) is 3.44. The summed E-state index contributed by atoms with van der Waals surface area (Å²) >= 11 is 4.79. The van der Waals surface area contributed by atoms with Crippen LogP contribution in [0.4, 0.5) is 0 Å². The van der Waals surface area contributed by atoms with Crippen molar-refractivity contribution in [2.45, 2.75) is 18.5 Å². The molecule has 0 radical (unpaired) electrons. The van der Waals surface area contributed by atoms with Crippen LogP contribution in [-0.2, 0) is 6.42 Å². The van der Waals surface area contributed by atoms with Gasteiger partial charge in [-0.2, -0.15) is 0 Å². The summed E-state index contributed by atoms with van der Waals surface area (Å²) in [6.45, 7) is 2.05. The molecule has 0 aliphatic heterocycles. The molecule has 0 fully saturated rings. The first-order chi connectivity index (χ1) is 11.7. The van der Waals surface area contributed by atoms with Crippen molar-refractivity contribution in [3.8, 4) is 5.69 Å². The van der Waals surface area contributed by atoms with Crippen molar-refractivity contribution >= 4 is 33.5 Å². The SMILES string of the molecule is CCc1nnc(SCC(=O)c2ccc(Br)cc2)n1-c1ccccc1. The van der Waals surface area contributed by atoms with Gasteiger partial charge < -0.3 is 0 Å². The lowest BCUT2D eigenvalue weighted by Gasteiger charge is -2.09. The summed E-state index contributed by atoms with van der Waals surface area (Å²) in [5.74, 6) is 1.30. The number of nitrogens with zero attached hydrogens (tertiary/aromatic N) is 3. The van der Waals surface area contributed by atoms with Crippen molar-refractivity contribution in [2.24, 2.45) is 0 Å². The molecule has 0 N–H and O–H groups in total. The van der Waals surface area contributed by atoms with E-state index < -0.39 is 0 Å². The number of Topliss-reactive ketones (excluding diaryl/α,β-unsaturated/α-hetero) is 1. The van der Waals surface area contributed by atoms with Gasteiger partial charge in [-0.05, 0) is 24.3 Å². The van der Waals surface area contributed by atoms with Crippen LogP contribution >= 0.6 is 27.7 Å². The minimum absolute atomic E-state index is 0.0770. The normalized spacial score (nSPS) is 10.8. The fourth-order valence-electron chi connectivity index (χ4n) is 2.31. The van der Waals surface area contributed by atoms with Crippen molar-refractivity contribution in [1.82, 2.24) is 14.8 Å². The molecule has 6 heteroatoms. The van der Waals surface area contributed by atoms with E-state index >= 15 is 0 Å². The van der Waals surface area contributed by atoms with Crippen LogP contribution in [0.3, 0.4) is 0 Å². The highest BCUT2D eigenvalue weighted by Gasteiger charge is 2.15. The number of ketones is 1. The minimum Gasteiger partial charge on any atom is -0.293 e. The summed E-state index contributed by atoms with van der Waals surface area (Å²) in [4.78, 5) is 12.4. The highest BCUT2D eigenvalue weighted by atomic mass is 79.9. The largest absolute Gasteiger partial charge is 0.293 e. The molecule has 0 amide bonds. The molecule has 0 atom stereocenters. The third-order valence-corrected chi connectivity index (χ3v) is 4.99. The van der Waals surface area contributed by atoms with Gasteiger partial charge in [0.15, 0.2) is 10.9 Å². The van der Waals surface area contributed by atoms with Crippen LogP contribution in [-0.4, -0.2) is 26.3 Å². The summed E-state index contributed by atoms with van der Waals surface area (Å²) in [6.07, 6.45) is 0.781. The molecule has 2 aromatic carbocycles. The first-order valence-corrected chi connectivity index (χ1v) is 9.38. The quantitative estimate of drug-likeness (QED) is 0.448. The maximum Gasteiger partial charge on any atom is 0.196 e. The number of carbonyl (C=O) groups excluding carboxylic acids is 1. The van der Waals surface area contributed by atoms with Crippen molar-refractivity contribution in [2.75, 3.05) is 5.75 Å². The highest BCUT2D eigenvalue weighted by Crippen LogP contribution is 2.23. The average Bonchev–Trinajstić information content (AvgIpc) is 3.04. The number of hydrogen-bond donors (Lipinski definition) is 0. The number of para-hydroxylation sites is 1. The monoisotopic (exact) mass is 401 g/mol. The van der Waals surface area contributed by atoms with Crippen molar-refractivity contribution in [1.29, 1.82) is 0 Å². The zero-order chi connectivity index (χ0) is 16.9. The van der Waals surface area contributed by atoms with Crippen LogP contribution in [0.25, 0.3) is 5.69 Å². The number of aromatic nitrogens is 3. The van der Waals surface area contributed by atoms with E-state index in [0.29, 0.717) is 11.3 Å². The first kappa shape index (κ1) is 16.9. The lowest BCUT2D eigenvalue weighted by Crippen LogP contribution is -2.05. The molecule has 0 aliphatic carbocycles. The van der Waals surface area contributed by atoms with Gasteiger partial charge in [-0.15, -0.1) is 10.2 Å². The van der Waals surface area contributed by atoms with Gasteiger partial charge in [0.25, 0.3) is 0 Å². The Morgan fingerprint density at radius 3 is 2.46 bits per heavy atom. The third-order valence-electron chi connectivity index (χ3n) is 3.53. The minimum atomic E-state index is 0.0770. The van der Waals surface area contributed by atoms with E-state index in [1.54, 1.807) is 0 Å². The van der Waals surface area contributed by atoms with E-state index in [-0.39, 0.29) is 5.78 Å². The Morgan fingerprint density at radius 2 is 1.79 bits per heavy atom. The molecule has 3 aromatic rings. The molecule has 0 bridgehead atoms. The Labute approximate surface area is 153 Å². The summed E-state index contributed by atoms with van der Waals surface area (Å²) in [7, 11) is 0. The van der Waals surface area contributed by atoms with E-state index in [9.17, 15) is 4.79 Å². The average molecular weight is 402 g/mol. The zero-order valence-electron chi connectivity index (χ0n) is 13.1. The Morgan fingerprint density at radius 1 is 1.08 bits per heavy atom. The number of hydrogen-bond acceptors (Lipinski definition) is 4. The summed E-state index contributed by atoms with van der Waals surface area (Å²) < 4.78 is 2.97. The molecule has 0 aliphatic rings.